The summed E-state index contributed by atoms with van der Waals surface area (Å²) in [4.78, 5) is 12.2. The van der Waals surface area contributed by atoms with Gasteiger partial charge in [-0.3, -0.25) is 4.79 Å². The fraction of sp³-hybridized carbons (Fsp3) is 0.833. The lowest BCUT2D eigenvalue weighted by Gasteiger charge is -2.42. The van der Waals surface area contributed by atoms with Crippen molar-refractivity contribution in [1.29, 1.82) is 0 Å². The number of unbranched alkanes of at least 4 members (excludes halogenated alkanes) is 1. The van der Waals surface area contributed by atoms with Crippen molar-refractivity contribution in [2.45, 2.75) is 80.2 Å². The van der Waals surface area contributed by atoms with Gasteiger partial charge in [0.15, 0.2) is 0 Å². The Morgan fingerprint density at radius 1 is 0.622 bits per heavy atom. The molecule has 2 nitrogen and oxygen atoms in total. The molecule has 0 unspecified atom stereocenters. The number of carbonyl (C=O) groups excluding carboxylic acids is 1. The summed E-state index contributed by atoms with van der Waals surface area (Å²) in [6, 6.07) is 0. The molecule has 0 bridgehead atoms. The minimum absolute atomic E-state index is 0.197. The fourth-order valence-corrected chi connectivity index (χ4v) is 2.66. The molecule has 0 fully saturated rings. The largest absolute Gasteiger partial charge is 0.460 e. The van der Waals surface area contributed by atoms with Crippen LogP contribution in [0.15, 0.2) is 12.7 Å². The maximum Gasteiger partial charge on any atom is 0.460 e. The lowest BCUT2D eigenvalue weighted by Crippen LogP contribution is -2.74. The molecule has 0 atom stereocenters. The third-order valence-corrected chi connectivity index (χ3v) is 4.97. The van der Waals surface area contributed by atoms with E-state index in [9.17, 15) is 79.4 Å². The van der Waals surface area contributed by atoms with E-state index in [1.165, 1.54) is 0 Å². The van der Waals surface area contributed by atoms with E-state index >= 15 is 0 Å². The van der Waals surface area contributed by atoms with Gasteiger partial charge < -0.3 is 4.90 Å². The number of nitrogens with zero attached hydrogens (tertiary/aromatic N) is 1. The summed E-state index contributed by atoms with van der Waals surface area (Å²) in [5.41, 5.74) is 0. The summed E-state index contributed by atoms with van der Waals surface area (Å²) in [5, 5.41) is 0. The van der Waals surface area contributed by atoms with Crippen LogP contribution in [0.2, 0.25) is 0 Å². The number of amides is 1. The van der Waals surface area contributed by atoms with Crippen LogP contribution in [-0.2, 0) is 4.79 Å². The molecule has 0 aliphatic heterocycles. The summed E-state index contributed by atoms with van der Waals surface area (Å²) in [7, 11) is 0. The molecule has 0 aliphatic rings. The van der Waals surface area contributed by atoms with Gasteiger partial charge in [-0.05, 0) is 18.9 Å². The van der Waals surface area contributed by atoms with E-state index in [-0.39, 0.29) is 13.0 Å². The highest BCUT2D eigenvalue weighted by Gasteiger charge is 2.95. The van der Waals surface area contributed by atoms with Crippen LogP contribution in [-0.4, -0.2) is 71.5 Å². The van der Waals surface area contributed by atoms with Crippen molar-refractivity contribution in [3.05, 3.63) is 12.7 Å². The van der Waals surface area contributed by atoms with Crippen molar-refractivity contribution in [3.63, 3.8) is 0 Å². The number of alkyl halides is 17. The second kappa shape index (κ2) is 10.6. The molecule has 0 aromatic carbocycles. The Morgan fingerprint density at radius 2 is 0.973 bits per heavy atom. The second-order valence-electron chi connectivity index (χ2n) is 7.64. The smallest absolute Gasteiger partial charge is 0.339 e. The molecule has 1 amide bonds. The molecule has 19 heteroatoms. The van der Waals surface area contributed by atoms with Gasteiger partial charge in [-0.15, -0.1) is 0 Å². The van der Waals surface area contributed by atoms with Crippen molar-refractivity contribution in [3.8, 4) is 0 Å². The van der Waals surface area contributed by atoms with Crippen LogP contribution < -0.4 is 0 Å². The van der Waals surface area contributed by atoms with E-state index in [4.69, 9.17) is 0 Å². The van der Waals surface area contributed by atoms with Crippen molar-refractivity contribution in [2.75, 3.05) is 13.1 Å². The lowest BCUT2D eigenvalue weighted by atomic mass is 9.88. The molecule has 0 aromatic rings. The average molecular weight is 587 g/mol. The Morgan fingerprint density at radius 3 is 1.32 bits per heavy atom. The number of carbonyl (C=O) groups is 1. The maximum absolute atomic E-state index is 13.9. The first-order valence-corrected chi connectivity index (χ1v) is 9.78. The zero-order valence-electron chi connectivity index (χ0n) is 18.3. The van der Waals surface area contributed by atoms with Gasteiger partial charge in [0.1, 0.15) is 0 Å². The van der Waals surface area contributed by atoms with Gasteiger partial charge in [0.2, 0.25) is 5.91 Å². The molecule has 220 valence electrons. The van der Waals surface area contributed by atoms with Crippen LogP contribution in [0.5, 0.6) is 0 Å². The van der Waals surface area contributed by atoms with E-state index < -0.39 is 72.9 Å². The predicted octanol–water partition coefficient (Wildman–Crippen LogP) is 7.59. The lowest BCUT2D eigenvalue weighted by molar-refractivity contribution is -0.461. The van der Waals surface area contributed by atoms with Gasteiger partial charge in [0.25, 0.3) is 0 Å². The van der Waals surface area contributed by atoms with E-state index in [0.29, 0.717) is 17.4 Å². The standard InChI is InChI=1S/C18H18F17NO/c1-3-5-8-36(10(37)4-2)9-6-7-11(19,20)12(21,22)13(23,24)14(25,26)15(27,28)16(29,30)17(31,32)18(33,34)35/h4H,2-3,5-9H2,1H3. The Hall–Kier alpha value is -1.98. The summed E-state index contributed by atoms with van der Waals surface area (Å²) >= 11 is 0. The topological polar surface area (TPSA) is 20.3 Å². The van der Waals surface area contributed by atoms with Crippen LogP contribution in [0.1, 0.15) is 32.6 Å². The molecule has 0 saturated heterocycles. The zero-order valence-corrected chi connectivity index (χ0v) is 18.3. The van der Waals surface area contributed by atoms with E-state index in [2.05, 4.69) is 6.58 Å². The first-order chi connectivity index (χ1) is 16.2. The summed E-state index contributed by atoms with van der Waals surface area (Å²) in [6.07, 6.45) is -10.5. The van der Waals surface area contributed by atoms with E-state index in [1.807, 2.05) is 0 Å². The number of rotatable bonds is 14. The Labute approximate surface area is 197 Å². The van der Waals surface area contributed by atoms with Crippen molar-refractivity contribution in [2.24, 2.45) is 0 Å². The molecule has 0 aliphatic carbocycles. The molecule has 37 heavy (non-hydrogen) atoms. The minimum atomic E-state index is -8.64. The summed E-state index contributed by atoms with van der Waals surface area (Å²) in [5.74, 6) is -57.4. The van der Waals surface area contributed by atoms with Crippen molar-refractivity contribution in [1.82, 2.24) is 4.90 Å². The SMILES string of the molecule is C=CC(=O)N(CCCC)CCCC(F)(F)C(F)(F)C(F)(F)C(F)(F)C(F)(F)C(F)(F)C(F)(F)C(F)(F)F. The first kappa shape index (κ1) is 35.0. The quantitative estimate of drug-likeness (QED) is 0.152. The van der Waals surface area contributed by atoms with Gasteiger partial charge in [-0.25, -0.2) is 0 Å². The van der Waals surface area contributed by atoms with Gasteiger partial charge >= 0.3 is 47.6 Å². The number of hydrogen-bond donors (Lipinski definition) is 0. The predicted molar refractivity (Wildman–Crippen MR) is 91.6 cm³/mol. The van der Waals surface area contributed by atoms with Gasteiger partial charge in [-0.2, -0.15) is 74.6 Å². The maximum atomic E-state index is 13.9. The molecule has 0 rings (SSSR count). The Kier molecular flexibility index (Phi) is 10.1. The first-order valence-electron chi connectivity index (χ1n) is 9.78. The molecular weight excluding hydrogens is 569 g/mol. The zero-order chi connectivity index (χ0) is 30.1. The molecule has 0 spiro atoms. The fourth-order valence-electron chi connectivity index (χ4n) is 2.66. The highest BCUT2D eigenvalue weighted by molar-refractivity contribution is 5.86. The van der Waals surface area contributed by atoms with Gasteiger partial charge in [-0.1, -0.05) is 19.9 Å². The molecule has 0 heterocycles. The molecule has 0 saturated carbocycles. The average Bonchev–Trinajstić information content (AvgIpc) is 2.73. The minimum Gasteiger partial charge on any atom is -0.339 e. The van der Waals surface area contributed by atoms with Crippen molar-refractivity contribution >= 4 is 5.91 Å². The summed E-state index contributed by atoms with van der Waals surface area (Å²) in [6.45, 7) is 3.46. The monoisotopic (exact) mass is 587 g/mol. The third kappa shape index (κ3) is 5.73. The van der Waals surface area contributed by atoms with Crippen LogP contribution >= 0.6 is 0 Å². The van der Waals surface area contributed by atoms with E-state index in [0.717, 1.165) is 0 Å². The van der Waals surface area contributed by atoms with Crippen LogP contribution in [0, 0.1) is 0 Å². The highest BCUT2D eigenvalue weighted by atomic mass is 19.4. The Bertz CT molecular complexity index is 803. The normalized spacial score (nSPS) is 15.1. The van der Waals surface area contributed by atoms with Gasteiger partial charge in [0.05, 0.1) is 0 Å². The van der Waals surface area contributed by atoms with Gasteiger partial charge in [0, 0.05) is 19.5 Å². The van der Waals surface area contributed by atoms with Crippen LogP contribution in [0.4, 0.5) is 74.6 Å². The Balaban J connectivity index is 6.24. The van der Waals surface area contributed by atoms with Crippen LogP contribution in [0.25, 0.3) is 0 Å². The van der Waals surface area contributed by atoms with Crippen molar-refractivity contribution < 1.29 is 79.4 Å². The number of hydrogen-bond acceptors (Lipinski definition) is 1. The molecule has 0 aromatic heterocycles. The van der Waals surface area contributed by atoms with E-state index in [1.54, 1.807) is 6.92 Å². The molecule has 0 N–H and O–H groups in total. The molecular formula is C18H18F17NO. The highest BCUT2D eigenvalue weighted by Crippen LogP contribution is 2.64. The third-order valence-electron chi connectivity index (χ3n) is 4.97. The summed E-state index contributed by atoms with van der Waals surface area (Å²) < 4.78 is 225. The van der Waals surface area contributed by atoms with Crippen LogP contribution in [0.3, 0.4) is 0 Å². The second-order valence-corrected chi connectivity index (χ2v) is 7.64. The molecule has 0 radical (unpaired) electrons. The number of halogens is 17.